The molecule has 0 N–H and O–H groups in total. The Morgan fingerprint density at radius 2 is 1.35 bits per heavy atom. The SMILES string of the molecule is Cc1cc2c(ccc3c2ncc2c4ccccc4oc23)c2ccccc12. The molecule has 0 saturated heterocycles. The van der Waals surface area contributed by atoms with Gasteiger partial charge in [-0.1, -0.05) is 48.5 Å². The van der Waals surface area contributed by atoms with Crippen LogP contribution >= 0.6 is 0 Å². The molecule has 6 rings (SSSR count). The lowest BCUT2D eigenvalue weighted by atomic mass is 9.96. The van der Waals surface area contributed by atoms with Crippen molar-refractivity contribution in [3.63, 3.8) is 0 Å². The van der Waals surface area contributed by atoms with E-state index in [2.05, 4.69) is 55.5 Å². The van der Waals surface area contributed by atoms with Gasteiger partial charge < -0.3 is 4.42 Å². The maximum atomic E-state index is 6.19. The van der Waals surface area contributed by atoms with E-state index in [1.165, 1.54) is 27.1 Å². The lowest BCUT2D eigenvalue weighted by Gasteiger charge is -2.09. The fourth-order valence-corrected chi connectivity index (χ4v) is 4.19. The molecule has 0 spiro atoms. The third-order valence-electron chi connectivity index (χ3n) is 5.42. The summed E-state index contributed by atoms with van der Waals surface area (Å²) < 4.78 is 6.19. The van der Waals surface area contributed by atoms with Gasteiger partial charge in [-0.15, -0.1) is 0 Å². The van der Waals surface area contributed by atoms with Gasteiger partial charge in [-0.25, -0.2) is 0 Å². The molecule has 2 heteroatoms. The first-order valence-corrected chi connectivity index (χ1v) is 8.82. The molecule has 0 fully saturated rings. The van der Waals surface area contributed by atoms with Gasteiger partial charge in [0.25, 0.3) is 0 Å². The van der Waals surface area contributed by atoms with Crippen molar-refractivity contribution in [1.82, 2.24) is 4.98 Å². The van der Waals surface area contributed by atoms with E-state index in [-0.39, 0.29) is 0 Å². The summed E-state index contributed by atoms with van der Waals surface area (Å²) in [5.74, 6) is 0. The molecule has 0 unspecified atom stereocenters. The minimum atomic E-state index is 0.909. The van der Waals surface area contributed by atoms with Gasteiger partial charge in [0.05, 0.1) is 5.52 Å². The van der Waals surface area contributed by atoms with E-state index in [0.29, 0.717) is 0 Å². The van der Waals surface area contributed by atoms with Crippen molar-refractivity contribution in [3.05, 3.63) is 78.5 Å². The lowest BCUT2D eigenvalue weighted by molar-refractivity contribution is 0.672. The Kier molecular flexibility index (Phi) is 2.57. The molecule has 0 aliphatic carbocycles. The van der Waals surface area contributed by atoms with Crippen molar-refractivity contribution in [2.24, 2.45) is 0 Å². The molecule has 2 heterocycles. The predicted octanol–water partition coefficient (Wildman–Crippen LogP) is 6.75. The quantitative estimate of drug-likeness (QED) is 0.287. The topological polar surface area (TPSA) is 26.0 Å². The number of nitrogens with zero attached hydrogens (tertiary/aromatic N) is 1. The Morgan fingerprint density at radius 3 is 2.23 bits per heavy atom. The van der Waals surface area contributed by atoms with Gasteiger partial charge in [-0.2, -0.15) is 0 Å². The molecule has 6 aromatic rings. The van der Waals surface area contributed by atoms with Gasteiger partial charge in [0.15, 0.2) is 0 Å². The fraction of sp³-hybridized carbons (Fsp3) is 0.0417. The third-order valence-corrected chi connectivity index (χ3v) is 5.42. The average Bonchev–Trinajstić information content (AvgIpc) is 3.07. The smallest absolute Gasteiger partial charge is 0.146 e. The van der Waals surface area contributed by atoms with E-state index in [4.69, 9.17) is 9.40 Å². The minimum Gasteiger partial charge on any atom is -0.455 e. The molecule has 122 valence electrons. The summed E-state index contributed by atoms with van der Waals surface area (Å²) in [6.07, 6.45) is 1.95. The number of fused-ring (bicyclic) bond motifs is 9. The van der Waals surface area contributed by atoms with Crippen LogP contribution in [0.1, 0.15) is 5.56 Å². The Balaban J connectivity index is 1.85. The maximum absolute atomic E-state index is 6.19. The molecule has 0 atom stereocenters. The normalized spacial score (nSPS) is 12.0. The van der Waals surface area contributed by atoms with Crippen LogP contribution in [0.4, 0.5) is 0 Å². The highest BCUT2D eigenvalue weighted by Crippen LogP contribution is 2.37. The first-order valence-electron chi connectivity index (χ1n) is 8.82. The van der Waals surface area contributed by atoms with Crippen LogP contribution in [-0.2, 0) is 0 Å². The van der Waals surface area contributed by atoms with Crippen molar-refractivity contribution >= 4 is 54.4 Å². The number of rotatable bonds is 0. The first-order chi connectivity index (χ1) is 12.8. The molecule has 0 amide bonds. The first kappa shape index (κ1) is 13.9. The molecule has 2 nitrogen and oxygen atoms in total. The average molecular weight is 333 g/mol. The lowest BCUT2D eigenvalue weighted by Crippen LogP contribution is -1.86. The second-order valence-electron chi connectivity index (χ2n) is 6.90. The van der Waals surface area contributed by atoms with Crippen LogP contribution < -0.4 is 0 Å². The van der Waals surface area contributed by atoms with E-state index in [0.717, 1.165) is 32.8 Å². The van der Waals surface area contributed by atoms with Gasteiger partial charge >= 0.3 is 0 Å². The van der Waals surface area contributed by atoms with Crippen LogP contribution in [0.2, 0.25) is 0 Å². The number of aryl methyl sites for hydroxylation is 1. The molecule has 26 heavy (non-hydrogen) atoms. The third kappa shape index (κ3) is 1.68. The minimum absolute atomic E-state index is 0.909. The Morgan fingerprint density at radius 1 is 0.654 bits per heavy atom. The van der Waals surface area contributed by atoms with E-state index in [9.17, 15) is 0 Å². The zero-order valence-corrected chi connectivity index (χ0v) is 14.3. The highest BCUT2D eigenvalue weighted by Gasteiger charge is 2.14. The second kappa shape index (κ2) is 4.83. The molecule has 0 aliphatic rings. The number of benzene rings is 4. The zero-order valence-electron chi connectivity index (χ0n) is 14.3. The zero-order chi connectivity index (χ0) is 17.3. The van der Waals surface area contributed by atoms with Crippen molar-refractivity contribution in [3.8, 4) is 0 Å². The molecule has 0 saturated carbocycles. The number of hydrogen-bond donors (Lipinski definition) is 0. The largest absolute Gasteiger partial charge is 0.455 e. The monoisotopic (exact) mass is 333 g/mol. The summed E-state index contributed by atoms with van der Waals surface area (Å²) in [7, 11) is 0. The van der Waals surface area contributed by atoms with Crippen LogP contribution in [0, 0.1) is 6.92 Å². The molecular formula is C24H15NO. The summed E-state index contributed by atoms with van der Waals surface area (Å²) in [6.45, 7) is 2.17. The summed E-state index contributed by atoms with van der Waals surface area (Å²) >= 11 is 0. The van der Waals surface area contributed by atoms with Gasteiger partial charge in [0.1, 0.15) is 11.2 Å². The number of aromatic nitrogens is 1. The van der Waals surface area contributed by atoms with E-state index in [1.807, 2.05) is 24.4 Å². The molecule has 2 aromatic heterocycles. The van der Waals surface area contributed by atoms with Crippen molar-refractivity contribution in [1.29, 1.82) is 0 Å². The summed E-state index contributed by atoms with van der Waals surface area (Å²) in [4.78, 5) is 4.85. The van der Waals surface area contributed by atoms with Crippen LogP contribution in [0.25, 0.3) is 54.4 Å². The summed E-state index contributed by atoms with van der Waals surface area (Å²) in [6, 6.07) is 23.3. The molecular weight excluding hydrogens is 318 g/mol. The molecule has 4 aromatic carbocycles. The Bertz CT molecular complexity index is 1490. The molecule has 0 radical (unpaired) electrons. The van der Waals surface area contributed by atoms with E-state index < -0.39 is 0 Å². The number of hydrogen-bond acceptors (Lipinski definition) is 2. The van der Waals surface area contributed by atoms with Crippen LogP contribution in [0.5, 0.6) is 0 Å². The van der Waals surface area contributed by atoms with Crippen LogP contribution in [0.15, 0.2) is 77.3 Å². The van der Waals surface area contributed by atoms with Crippen LogP contribution in [0.3, 0.4) is 0 Å². The summed E-state index contributed by atoms with van der Waals surface area (Å²) in [5.41, 5.74) is 4.10. The summed E-state index contributed by atoms with van der Waals surface area (Å²) in [5, 5.41) is 8.25. The van der Waals surface area contributed by atoms with Crippen LogP contribution in [-0.4, -0.2) is 4.98 Å². The van der Waals surface area contributed by atoms with Gasteiger partial charge in [0, 0.05) is 27.7 Å². The second-order valence-corrected chi connectivity index (χ2v) is 6.90. The van der Waals surface area contributed by atoms with Gasteiger partial charge in [-0.05, 0) is 46.8 Å². The van der Waals surface area contributed by atoms with Crippen molar-refractivity contribution < 1.29 is 4.42 Å². The van der Waals surface area contributed by atoms with Crippen molar-refractivity contribution in [2.45, 2.75) is 6.92 Å². The Hall–Kier alpha value is -3.39. The van der Waals surface area contributed by atoms with E-state index in [1.54, 1.807) is 0 Å². The van der Waals surface area contributed by atoms with Crippen molar-refractivity contribution in [2.75, 3.05) is 0 Å². The van der Waals surface area contributed by atoms with Gasteiger partial charge in [0.2, 0.25) is 0 Å². The standard InChI is InChI=1S/C24H15NO/c1-14-12-20-17(16-7-3-2-6-15(14)16)10-11-19-23(20)25-13-21-18-8-4-5-9-22(18)26-24(19)21/h2-13H,1H3. The molecule has 0 bridgehead atoms. The van der Waals surface area contributed by atoms with Gasteiger partial charge in [-0.3, -0.25) is 4.98 Å². The highest BCUT2D eigenvalue weighted by atomic mass is 16.3. The number of pyridine rings is 1. The Labute approximate surface area is 149 Å². The number of furan rings is 1. The maximum Gasteiger partial charge on any atom is 0.146 e. The number of para-hydroxylation sites is 1. The highest BCUT2D eigenvalue weighted by molar-refractivity contribution is 6.22. The predicted molar refractivity (Wildman–Crippen MR) is 109 cm³/mol. The molecule has 0 aliphatic heterocycles. The fourth-order valence-electron chi connectivity index (χ4n) is 4.19. The van der Waals surface area contributed by atoms with E-state index >= 15 is 0 Å².